The number of likely N-dealkylation sites (tertiary alicyclic amines) is 1. The lowest BCUT2D eigenvalue weighted by Gasteiger charge is -2.34. The zero-order valence-electron chi connectivity index (χ0n) is 17.8. The minimum Gasteiger partial charge on any atom is -0.492 e. The summed E-state index contributed by atoms with van der Waals surface area (Å²) in [6.45, 7) is 3.64. The number of nitrogens with one attached hydrogen (secondary N) is 1. The van der Waals surface area contributed by atoms with Crippen molar-refractivity contribution in [3.63, 3.8) is 0 Å². The van der Waals surface area contributed by atoms with Crippen LogP contribution in [0.25, 0.3) is 0 Å². The largest absolute Gasteiger partial charge is 0.492 e. The fourth-order valence-electron chi connectivity index (χ4n) is 3.61. The normalized spacial score (nSPS) is 15.2. The number of piperidine rings is 1. The van der Waals surface area contributed by atoms with Gasteiger partial charge in [-0.1, -0.05) is 18.2 Å². The molecule has 1 fully saturated rings. The second kappa shape index (κ2) is 10.6. The van der Waals surface area contributed by atoms with Gasteiger partial charge in [0.05, 0.1) is 13.7 Å². The van der Waals surface area contributed by atoms with Crippen molar-refractivity contribution >= 4 is 12.0 Å². The van der Waals surface area contributed by atoms with Gasteiger partial charge in [-0.2, -0.15) is 5.10 Å². The number of hydrogen-bond acceptors (Lipinski definition) is 6. The Labute approximate surface area is 181 Å². The maximum atomic E-state index is 12.7. The van der Waals surface area contributed by atoms with E-state index in [1.807, 2.05) is 37.3 Å². The predicted octanol–water partition coefficient (Wildman–Crippen LogP) is 1.92. The number of nitrogens with zero attached hydrogens (tertiary/aromatic N) is 3. The molecule has 9 heteroatoms. The molecule has 1 aliphatic rings. The summed E-state index contributed by atoms with van der Waals surface area (Å²) in [6, 6.07) is 12.0. The smallest absolute Gasteiger partial charge is 0.409 e. The van der Waals surface area contributed by atoms with Gasteiger partial charge in [-0.05, 0) is 43.9 Å². The number of hydrogen-bond donors (Lipinski definition) is 1. The molecule has 0 saturated carbocycles. The maximum absolute atomic E-state index is 12.7. The van der Waals surface area contributed by atoms with E-state index >= 15 is 0 Å². The van der Waals surface area contributed by atoms with Gasteiger partial charge in [0.25, 0.3) is 11.5 Å². The van der Waals surface area contributed by atoms with Crippen molar-refractivity contribution in [3.05, 3.63) is 58.5 Å². The first kappa shape index (κ1) is 22.3. The fraction of sp³-hybridized carbons (Fsp3) is 0.455. The number of ether oxygens (including phenoxy) is 2. The molecule has 3 rings (SSSR count). The monoisotopic (exact) mass is 428 g/mol. The van der Waals surface area contributed by atoms with Crippen LogP contribution in [0.15, 0.2) is 47.3 Å². The van der Waals surface area contributed by atoms with Crippen LogP contribution in [-0.4, -0.2) is 59.5 Å². The van der Waals surface area contributed by atoms with Crippen molar-refractivity contribution in [1.82, 2.24) is 20.0 Å². The minimum atomic E-state index is -0.333. The molecule has 1 saturated heterocycles. The minimum absolute atomic E-state index is 0.0871. The summed E-state index contributed by atoms with van der Waals surface area (Å²) in [5.74, 6) is 0.618. The van der Waals surface area contributed by atoms with Gasteiger partial charge in [0.15, 0.2) is 0 Å². The van der Waals surface area contributed by atoms with Crippen LogP contribution >= 0.6 is 0 Å². The van der Waals surface area contributed by atoms with Gasteiger partial charge in [0, 0.05) is 25.2 Å². The number of benzene rings is 1. The molecule has 1 aliphatic heterocycles. The molecule has 2 heterocycles. The SMILES string of the molecule is COC(=O)N1CCC([C@@H](C)NC(=O)c2ccc(=O)n(CCOc3ccccc3)n2)CC1. The summed E-state index contributed by atoms with van der Waals surface area (Å²) < 4.78 is 11.6. The average molecular weight is 428 g/mol. The summed E-state index contributed by atoms with van der Waals surface area (Å²) >= 11 is 0. The number of methoxy groups -OCH3 is 1. The molecule has 1 N–H and O–H groups in total. The van der Waals surface area contributed by atoms with Crippen LogP contribution in [0.3, 0.4) is 0 Å². The van der Waals surface area contributed by atoms with E-state index in [1.54, 1.807) is 4.90 Å². The Morgan fingerprint density at radius 2 is 1.87 bits per heavy atom. The lowest BCUT2D eigenvalue weighted by atomic mass is 9.90. The Morgan fingerprint density at radius 1 is 1.16 bits per heavy atom. The van der Waals surface area contributed by atoms with Gasteiger partial charge in [0.2, 0.25) is 0 Å². The third kappa shape index (κ3) is 6.07. The summed E-state index contributed by atoms with van der Waals surface area (Å²) in [5, 5.41) is 7.16. The fourth-order valence-corrected chi connectivity index (χ4v) is 3.61. The van der Waals surface area contributed by atoms with Crippen molar-refractivity contribution < 1.29 is 19.1 Å². The highest BCUT2D eigenvalue weighted by Gasteiger charge is 2.28. The summed E-state index contributed by atoms with van der Waals surface area (Å²) in [5.41, 5.74) is -0.116. The Balaban J connectivity index is 1.53. The molecule has 0 bridgehead atoms. The van der Waals surface area contributed by atoms with Crippen LogP contribution in [0.2, 0.25) is 0 Å². The first-order chi connectivity index (χ1) is 15.0. The van der Waals surface area contributed by atoms with E-state index in [0.717, 1.165) is 12.8 Å². The molecule has 31 heavy (non-hydrogen) atoms. The maximum Gasteiger partial charge on any atom is 0.409 e. The Hall–Kier alpha value is -3.36. The van der Waals surface area contributed by atoms with Crippen molar-refractivity contribution in [2.45, 2.75) is 32.4 Å². The third-order valence-corrected chi connectivity index (χ3v) is 5.45. The van der Waals surface area contributed by atoms with Crippen molar-refractivity contribution in [1.29, 1.82) is 0 Å². The van der Waals surface area contributed by atoms with E-state index in [9.17, 15) is 14.4 Å². The second-order valence-corrected chi connectivity index (χ2v) is 7.50. The zero-order chi connectivity index (χ0) is 22.2. The molecule has 1 atom stereocenters. The average Bonchev–Trinajstić information content (AvgIpc) is 2.80. The quantitative estimate of drug-likeness (QED) is 0.723. The predicted molar refractivity (Wildman–Crippen MR) is 114 cm³/mol. The Bertz CT molecular complexity index is 938. The first-order valence-electron chi connectivity index (χ1n) is 10.4. The highest BCUT2D eigenvalue weighted by atomic mass is 16.5. The Kier molecular flexibility index (Phi) is 7.64. The molecule has 0 spiro atoms. The zero-order valence-corrected chi connectivity index (χ0v) is 17.8. The van der Waals surface area contributed by atoms with Crippen molar-refractivity contribution in [2.75, 3.05) is 26.8 Å². The van der Waals surface area contributed by atoms with E-state index in [-0.39, 0.29) is 48.4 Å². The van der Waals surface area contributed by atoms with Crippen LogP contribution in [0.4, 0.5) is 4.79 Å². The van der Waals surface area contributed by atoms with Gasteiger partial charge in [-0.15, -0.1) is 0 Å². The van der Waals surface area contributed by atoms with E-state index in [0.29, 0.717) is 18.8 Å². The molecule has 2 aromatic rings. The van der Waals surface area contributed by atoms with Crippen molar-refractivity contribution in [2.24, 2.45) is 5.92 Å². The van der Waals surface area contributed by atoms with E-state index < -0.39 is 0 Å². The highest BCUT2D eigenvalue weighted by molar-refractivity contribution is 5.92. The lowest BCUT2D eigenvalue weighted by Crippen LogP contribution is -2.45. The van der Waals surface area contributed by atoms with Crippen LogP contribution in [0.1, 0.15) is 30.3 Å². The molecule has 1 aromatic carbocycles. The van der Waals surface area contributed by atoms with E-state index in [1.165, 1.54) is 23.9 Å². The summed E-state index contributed by atoms with van der Waals surface area (Å²) in [7, 11) is 1.37. The lowest BCUT2D eigenvalue weighted by molar-refractivity contribution is 0.0861. The van der Waals surface area contributed by atoms with E-state index in [2.05, 4.69) is 10.4 Å². The molecule has 0 unspecified atom stereocenters. The first-order valence-corrected chi connectivity index (χ1v) is 10.4. The number of aromatic nitrogens is 2. The molecular weight excluding hydrogens is 400 g/mol. The van der Waals surface area contributed by atoms with Gasteiger partial charge in [-0.25, -0.2) is 9.48 Å². The molecule has 2 amide bonds. The summed E-state index contributed by atoms with van der Waals surface area (Å²) in [6.07, 6.45) is 1.23. The van der Waals surface area contributed by atoms with Gasteiger partial charge in [-0.3, -0.25) is 9.59 Å². The highest BCUT2D eigenvalue weighted by Crippen LogP contribution is 2.21. The molecule has 166 valence electrons. The van der Waals surface area contributed by atoms with Crippen LogP contribution in [0, 0.1) is 5.92 Å². The van der Waals surface area contributed by atoms with Crippen LogP contribution in [-0.2, 0) is 11.3 Å². The van der Waals surface area contributed by atoms with Gasteiger partial charge < -0.3 is 19.7 Å². The Morgan fingerprint density at radius 3 is 2.55 bits per heavy atom. The number of carbonyl (C=O) groups is 2. The van der Waals surface area contributed by atoms with Gasteiger partial charge in [0.1, 0.15) is 18.1 Å². The standard InChI is InChI=1S/C22H28N4O5/c1-16(17-10-12-25(13-11-17)22(29)30-2)23-21(28)19-8-9-20(27)26(24-19)14-15-31-18-6-4-3-5-7-18/h3-9,16-17H,10-15H2,1-2H3,(H,23,28)/t16-/m1/s1. The number of rotatable bonds is 7. The van der Waals surface area contributed by atoms with Crippen LogP contribution in [0.5, 0.6) is 5.75 Å². The molecular formula is C22H28N4O5. The third-order valence-electron chi connectivity index (χ3n) is 5.45. The second-order valence-electron chi connectivity index (χ2n) is 7.50. The molecule has 1 aromatic heterocycles. The molecule has 9 nitrogen and oxygen atoms in total. The van der Waals surface area contributed by atoms with Gasteiger partial charge >= 0.3 is 6.09 Å². The molecule has 0 radical (unpaired) electrons. The van der Waals surface area contributed by atoms with Crippen molar-refractivity contribution in [3.8, 4) is 5.75 Å². The van der Waals surface area contributed by atoms with Crippen LogP contribution < -0.4 is 15.6 Å². The number of amides is 2. The summed E-state index contributed by atoms with van der Waals surface area (Å²) in [4.78, 5) is 38.0. The number of para-hydroxylation sites is 1. The number of carbonyl (C=O) groups excluding carboxylic acids is 2. The van der Waals surface area contributed by atoms with E-state index in [4.69, 9.17) is 9.47 Å². The topological polar surface area (TPSA) is 103 Å². The molecule has 0 aliphatic carbocycles.